The van der Waals surface area contributed by atoms with Crippen molar-refractivity contribution in [2.45, 2.75) is 407 Å². The molecule has 0 aliphatic carbocycles. The zero-order valence-electron chi connectivity index (χ0n) is 61.3. The van der Waals surface area contributed by atoms with Crippen molar-refractivity contribution < 1.29 is 80.2 Å². The average Bonchev–Trinajstić information content (AvgIpc) is 2.68. The van der Waals surface area contributed by atoms with Gasteiger partial charge in [-0.2, -0.15) is 0 Å². The van der Waals surface area contributed by atoms with Crippen LogP contribution in [0.1, 0.15) is 388 Å². The number of phosphoric ester groups is 2. The summed E-state index contributed by atoms with van der Waals surface area (Å²) in [6.45, 7) is 9.61. The third-order valence-corrected chi connectivity index (χ3v) is 19.4. The summed E-state index contributed by atoms with van der Waals surface area (Å²) in [5, 5.41) is 10.6. The Morgan fingerprint density at radius 2 is 0.489 bits per heavy atom. The van der Waals surface area contributed by atoms with Gasteiger partial charge in [0.15, 0.2) is 12.2 Å². The van der Waals surface area contributed by atoms with Crippen molar-refractivity contribution in [1.82, 2.24) is 0 Å². The Morgan fingerprint density at radius 3 is 0.723 bits per heavy atom. The second-order valence-corrected chi connectivity index (χ2v) is 30.9. The molecule has 0 amide bonds. The van der Waals surface area contributed by atoms with E-state index >= 15 is 0 Å². The molecule has 0 aromatic carbocycles. The predicted molar refractivity (Wildman–Crippen MR) is 381 cm³/mol. The topological polar surface area (TPSA) is 237 Å². The SMILES string of the molecule is CCCCCCCCCCCCCCC(=O)O[C@H](COC(=O)CCCCCCCCCCCCC)COP(=O)(O)OC[C@H](O)COP(=O)(O)OC[C@@H](COC(=O)CCCCCCCCCCCCC(C)C)OC(=O)CCCCCCCCCCCCCCCCCC(C)C. The first-order valence-corrected chi connectivity index (χ1v) is 42.0. The minimum atomic E-state index is -4.96. The van der Waals surface area contributed by atoms with Crippen molar-refractivity contribution in [2.75, 3.05) is 39.6 Å². The van der Waals surface area contributed by atoms with Crippen LogP contribution in [0.25, 0.3) is 0 Å². The average molecular weight is 1380 g/mol. The number of carbonyl (C=O) groups is 4. The summed E-state index contributed by atoms with van der Waals surface area (Å²) in [4.78, 5) is 72.8. The Kier molecular flexibility index (Phi) is 65.5. The largest absolute Gasteiger partial charge is 0.472 e. The molecule has 0 aromatic heterocycles. The molecule has 0 aliphatic rings. The number of aliphatic hydroxyl groups is 1. The van der Waals surface area contributed by atoms with E-state index in [1.54, 1.807) is 0 Å². The van der Waals surface area contributed by atoms with Crippen molar-refractivity contribution in [3.63, 3.8) is 0 Å². The number of ether oxygens (including phenoxy) is 4. The molecule has 0 saturated heterocycles. The van der Waals surface area contributed by atoms with E-state index in [1.807, 2.05) is 0 Å². The first-order valence-electron chi connectivity index (χ1n) is 39.0. The lowest BCUT2D eigenvalue weighted by Gasteiger charge is -2.21. The van der Waals surface area contributed by atoms with E-state index in [4.69, 9.17) is 37.0 Å². The van der Waals surface area contributed by atoms with E-state index < -0.39 is 97.5 Å². The third-order valence-electron chi connectivity index (χ3n) is 17.5. The van der Waals surface area contributed by atoms with Crippen molar-refractivity contribution in [1.29, 1.82) is 0 Å². The van der Waals surface area contributed by atoms with Gasteiger partial charge in [-0.15, -0.1) is 0 Å². The number of hydrogen-bond acceptors (Lipinski definition) is 15. The van der Waals surface area contributed by atoms with Crippen LogP contribution in [0.2, 0.25) is 0 Å². The Hall–Kier alpha value is -1.94. The fraction of sp³-hybridized carbons (Fsp3) is 0.947. The van der Waals surface area contributed by atoms with Crippen molar-refractivity contribution >= 4 is 39.5 Å². The predicted octanol–water partition coefficient (Wildman–Crippen LogP) is 21.9. The van der Waals surface area contributed by atoms with E-state index in [9.17, 15) is 43.2 Å². The summed E-state index contributed by atoms with van der Waals surface area (Å²) in [5.74, 6) is -0.554. The molecule has 558 valence electrons. The monoisotopic (exact) mass is 1380 g/mol. The molecule has 0 aliphatic heterocycles. The number of aliphatic hydroxyl groups excluding tert-OH is 1. The normalized spacial score (nSPS) is 14.0. The van der Waals surface area contributed by atoms with E-state index in [0.29, 0.717) is 25.7 Å². The van der Waals surface area contributed by atoms with Gasteiger partial charge in [-0.05, 0) is 37.5 Å². The molecule has 5 atom stereocenters. The van der Waals surface area contributed by atoms with E-state index in [1.165, 1.54) is 205 Å². The van der Waals surface area contributed by atoms with Gasteiger partial charge in [0.1, 0.15) is 19.3 Å². The fourth-order valence-electron chi connectivity index (χ4n) is 11.5. The second-order valence-electron chi connectivity index (χ2n) is 28.0. The summed E-state index contributed by atoms with van der Waals surface area (Å²) >= 11 is 0. The van der Waals surface area contributed by atoms with Gasteiger partial charge in [0.2, 0.25) is 0 Å². The molecule has 0 heterocycles. The maximum atomic E-state index is 13.1. The van der Waals surface area contributed by atoms with Crippen LogP contribution >= 0.6 is 15.6 Å². The molecule has 94 heavy (non-hydrogen) atoms. The lowest BCUT2D eigenvalue weighted by atomic mass is 10.0. The van der Waals surface area contributed by atoms with E-state index in [2.05, 4.69) is 41.5 Å². The zero-order chi connectivity index (χ0) is 69.3. The molecule has 19 heteroatoms. The highest BCUT2D eigenvalue weighted by Crippen LogP contribution is 2.45. The first kappa shape index (κ1) is 92.1. The number of rotatable bonds is 74. The van der Waals surface area contributed by atoms with Crippen molar-refractivity contribution in [3.05, 3.63) is 0 Å². The van der Waals surface area contributed by atoms with Gasteiger partial charge in [0, 0.05) is 25.7 Å². The summed E-state index contributed by atoms with van der Waals surface area (Å²) in [6.07, 6.45) is 53.9. The number of hydrogen-bond donors (Lipinski definition) is 3. The zero-order valence-corrected chi connectivity index (χ0v) is 63.1. The molecule has 0 radical (unpaired) electrons. The highest BCUT2D eigenvalue weighted by atomic mass is 31.2. The fourth-order valence-corrected chi connectivity index (χ4v) is 13.1. The summed E-state index contributed by atoms with van der Waals surface area (Å²) in [5.41, 5.74) is 0. The molecule has 17 nitrogen and oxygen atoms in total. The highest BCUT2D eigenvalue weighted by molar-refractivity contribution is 7.47. The minimum absolute atomic E-state index is 0.108. The quantitative estimate of drug-likeness (QED) is 0.0222. The Labute approximate surface area is 575 Å². The molecule has 0 spiro atoms. The van der Waals surface area contributed by atoms with Gasteiger partial charge in [0.05, 0.1) is 26.4 Å². The van der Waals surface area contributed by atoms with Crippen LogP contribution in [0.5, 0.6) is 0 Å². The van der Waals surface area contributed by atoms with Crippen LogP contribution in [0, 0.1) is 11.8 Å². The third kappa shape index (κ3) is 68.6. The van der Waals surface area contributed by atoms with Gasteiger partial charge in [-0.25, -0.2) is 9.13 Å². The maximum absolute atomic E-state index is 13.1. The first-order chi connectivity index (χ1) is 45.4. The van der Waals surface area contributed by atoms with Crippen LogP contribution in [-0.2, 0) is 65.4 Å². The molecule has 3 N–H and O–H groups in total. The number of unbranched alkanes of at least 4 members (excludes halogenated alkanes) is 44. The Balaban J connectivity index is 5.24. The lowest BCUT2D eigenvalue weighted by molar-refractivity contribution is -0.161. The molecule has 0 rings (SSSR count). The molecule has 0 saturated carbocycles. The molecule has 0 bridgehead atoms. The van der Waals surface area contributed by atoms with Crippen LogP contribution in [-0.4, -0.2) is 96.7 Å². The van der Waals surface area contributed by atoms with E-state index in [-0.39, 0.29) is 25.7 Å². The van der Waals surface area contributed by atoms with Crippen LogP contribution in [0.3, 0.4) is 0 Å². The molecular weight excluding hydrogens is 1230 g/mol. The standard InChI is InChI=1S/C75H146O17P2/c1-7-9-11-13-15-17-19-27-35-41-47-53-59-74(79)91-70(63-85-72(77)57-51-45-39-33-25-18-16-14-12-10-8-2)65-89-93(81,82)87-61-69(76)62-88-94(83,84)90-66-71(64-86-73(78)58-52-46-40-34-30-29-32-38-44-50-56-68(5)6)92-75(80)60-54-48-42-36-28-24-22-20-21-23-26-31-37-43-49-55-67(3)4/h67-71,76H,7-66H2,1-6H3,(H,81,82)(H,83,84)/t69-,70+,71+/m0/s1. The molecule has 0 fully saturated rings. The highest BCUT2D eigenvalue weighted by Gasteiger charge is 2.30. The van der Waals surface area contributed by atoms with E-state index in [0.717, 1.165) is 102 Å². The number of carbonyl (C=O) groups excluding carboxylic acids is 4. The summed E-state index contributed by atoms with van der Waals surface area (Å²) in [7, 11) is -9.91. The van der Waals surface area contributed by atoms with Gasteiger partial charge in [-0.3, -0.25) is 37.3 Å². The molecular formula is C75H146O17P2. The van der Waals surface area contributed by atoms with Crippen LogP contribution < -0.4 is 0 Å². The number of phosphoric acid groups is 2. The smallest absolute Gasteiger partial charge is 0.462 e. The maximum Gasteiger partial charge on any atom is 0.472 e. The van der Waals surface area contributed by atoms with Crippen LogP contribution in [0.4, 0.5) is 0 Å². The van der Waals surface area contributed by atoms with Gasteiger partial charge in [-0.1, -0.05) is 337 Å². The molecule has 0 aromatic rings. The Morgan fingerprint density at radius 1 is 0.287 bits per heavy atom. The van der Waals surface area contributed by atoms with Gasteiger partial charge < -0.3 is 33.8 Å². The number of esters is 4. The lowest BCUT2D eigenvalue weighted by Crippen LogP contribution is -2.30. The summed E-state index contributed by atoms with van der Waals surface area (Å²) < 4.78 is 68.5. The van der Waals surface area contributed by atoms with Crippen molar-refractivity contribution in [3.8, 4) is 0 Å². The second kappa shape index (κ2) is 66.9. The summed E-state index contributed by atoms with van der Waals surface area (Å²) in [6, 6.07) is 0. The Bertz CT molecular complexity index is 1820. The van der Waals surface area contributed by atoms with Gasteiger partial charge in [0.25, 0.3) is 0 Å². The van der Waals surface area contributed by atoms with Crippen molar-refractivity contribution in [2.24, 2.45) is 11.8 Å². The van der Waals surface area contributed by atoms with Gasteiger partial charge >= 0.3 is 39.5 Å². The molecule has 2 unspecified atom stereocenters. The van der Waals surface area contributed by atoms with Crippen LogP contribution in [0.15, 0.2) is 0 Å². The minimum Gasteiger partial charge on any atom is -0.462 e.